The van der Waals surface area contributed by atoms with Crippen molar-refractivity contribution in [1.29, 1.82) is 0 Å². The number of halogens is 2. The maximum atomic E-state index is 12.4. The van der Waals surface area contributed by atoms with Gasteiger partial charge >= 0.3 is 5.97 Å². The predicted molar refractivity (Wildman–Crippen MR) is 104 cm³/mol. The normalized spacial score (nSPS) is 15.7. The van der Waals surface area contributed by atoms with Crippen LogP contribution >= 0.6 is 43.6 Å². The van der Waals surface area contributed by atoms with Crippen molar-refractivity contribution >= 4 is 66.8 Å². The molecule has 0 spiro atoms. The number of carbonyl (C=O) groups is 3. The van der Waals surface area contributed by atoms with E-state index < -0.39 is 23.7 Å². The van der Waals surface area contributed by atoms with Crippen LogP contribution in [0.1, 0.15) is 19.4 Å². The Labute approximate surface area is 171 Å². The average Bonchev–Trinajstić information content (AvgIpc) is 2.84. The number of amides is 2. The van der Waals surface area contributed by atoms with Gasteiger partial charge in [-0.2, -0.15) is 0 Å². The highest BCUT2D eigenvalue weighted by Gasteiger charge is 2.37. The Bertz CT molecular complexity index is 795. The SMILES string of the molecule is CCOC(=O)CN1C(=O)S/C(=C\c2c(O)c(OCC)cc(Br)c2Br)C1=O. The van der Waals surface area contributed by atoms with E-state index in [1.54, 1.807) is 19.9 Å². The lowest BCUT2D eigenvalue weighted by molar-refractivity contribution is -0.145. The van der Waals surface area contributed by atoms with E-state index in [4.69, 9.17) is 9.47 Å². The van der Waals surface area contributed by atoms with Gasteiger partial charge in [0.25, 0.3) is 11.1 Å². The van der Waals surface area contributed by atoms with Crippen molar-refractivity contribution < 1.29 is 29.0 Å². The van der Waals surface area contributed by atoms with Gasteiger partial charge in [0.2, 0.25) is 0 Å². The Morgan fingerprint density at radius 2 is 2.00 bits per heavy atom. The van der Waals surface area contributed by atoms with E-state index in [9.17, 15) is 19.5 Å². The van der Waals surface area contributed by atoms with Crippen molar-refractivity contribution in [2.75, 3.05) is 19.8 Å². The maximum Gasteiger partial charge on any atom is 0.326 e. The van der Waals surface area contributed by atoms with E-state index in [2.05, 4.69) is 31.9 Å². The average molecular weight is 509 g/mol. The van der Waals surface area contributed by atoms with Crippen LogP contribution in [-0.2, 0) is 14.3 Å². The van der Waals surface area contributed by atoms with Gasteiger partial charge in [0.05, 0.1) is 18.1 Å². The third-order valence-corrected chi connectivity index (χ3v) is 6.15. The van der Waals surface area contributed by atoms with Gasteiger partial charge in [-0.3, -0.25) is 19.3 Å². The molecule has 1 aliphatic rings. The molecule has 1 aromatic rings. The lowest BCUT2D eigenvalue weighted by Crippen LogP contribution is -2.34. The van der Waals surface area contributed by atoms with E-state index in [0.717, 1.165) is 4.90 Å². The highest BCUT2D eigenvalue weighted by Crippen LogP contribution is 2.43. The van der Waals surface area contributed by atoms with Crippen LogP contribution in [0.2, 0.25) is 0 Å². The molecule has 1 aliphatic heterocycles. The molecule has 1 heterocycles. The molecule has 7 nitrogen and oxygen atoms in total. The van der Waals surface area contributed by atoms with E-state index >= 15 is 0 Å². The van der Waals surface area contributed by atoms with Gasteiger partial charge in [0.1, 0.15) is 6.54 Å². The van der Waals surface area contributed by atoms with Gasteiger partial charge < -0.3 is 14.6 Å². The van der Waals surface area contributed by atoms with Crippen LogP contribution in [-0.4, -0.2) is 46.9 Å². The van der Waals surface area contributed by atoms with Crippen molar-refractivity contribution in [2.24, 2.45) is 0 Å². The van der Waals surface area contributed by atoms with Crippen molar-refractivity contribution in [1.82, 2.24) is 4.90 Å². The fraction of sp³-hybridized carbons (Fsp3) is 0.312. The number of thioether (sulfide) groups is 1. The van der Waals surface area contributed by atoms with Gasteiger partial charge in [-0.15, -0.1) is 0 Å². The highest BCUT2D eigenvalue weighted by atomic mass is 79.9. The molecule has 0 saturated carbocycles. The van der Waals surface area contributed by atoms with Gasteiger partial charge in [0.15, 0.2) is 11.5 Å². The minimum Gasteiger partial charge on any atom is -0.504 e. The number of benzene rings is 1. The summed E-state index contributed by atoms with van der Waals surface area (Å²) in [6, 6.07) is 1.59. The first-order valence-corrected chi connectivity index (χ1v) is 9.95. The minimum absolute atomic E-state index is 0.0795. The standard InChI is InChI=1S/C16H15Br2NO6S/c1-3-24-10-6-9(17)13(18)8(14(10)21)5-11-15(22)19(16(23)26-11)7-12(20)25-4-2/h5-6,21H,3-4,7H2,1-2H3/b11-5-. The molecule has 1 N–H and O–H groups in total. The molecule has 26 heavy (non-hydrogen) atoms. The van der Waals surface area contributed by atoms with E-state index in [-0.39, 0.29) is 28.6 Å². The molecule has 0 aromatic heterocycles. The van der Waals surface area contributed by atoms with E-state index in [1.807, 2.05) is 0 Å². The van der Waals surface area contributed by atoms with Crippen LogP contribution in [0.3, 0.4) is 0 Å². The van der Waals surface area contributed by atoms with Crippen LogP contribution < -0.4 is 4.74 Å². The Hall–Kier alpha value is -1.52. The highest BCUT2D eigenvalue weighted by molar-refractivity contribution is 9.13. The fourth-order valence-corrected chi connectivity index (χ4v) is 3.77. The Balaban J connectivity index is 2.37. The molecule has 0 bridgehead atoms. The summed E-state index contributed by atoms with van der Waals surface area (Å²) in [5.41, 5.74) is 0.282. The maximum absolute atomic E-state index is 12.4. The molecule has 2 amide bonds. The van der Waals surface area contributed by atoms with Gasteiger partial charge in [-0.25, -0.2) is 0 Å². The largest absolute Gasteiger partial charge is 0.504 e. The fourth-order valence-electron chi connectivity index (χ4n) is 2.11. The van der Waals surface area contributed by atoms with Crippen LogP contribution in [0.25, 0.3) is 6.08 Å². The van der Waals surface area contributed by atoms with Crippen molar-refractivity contribution in [2.45, 2.75) is 13.8 Å². The topological polar surface area (TPSA) is 93.1 Å². The Morgan fingerprint density at radius 1 is 1.31 bits per heavy atom. The van der Waals surface area contributed by atoms with Gasteiger partial charge in [0, 0.05) is 14.5 Å². The first-order valence-electron chi connectivity index (χ1n) is 7.54. The number of rotatable bonds is 6. The van der Waals surface area contributed by atoms with Crippen LogP contribution in [0.4, 0.5) is 4.79 Å². The van der Waals surface area contributed by atoms with Crippen molar-refractivity contribution in [3.8, 4) is 11.5 Å². The zero-order chi connectivity index (χ0) is 19.4. The number of esters is 1. The van der Waals surface area contributed by atoms with E-state index in [0.29, 0.717) is 27.3 Å². The summed E-state index contributed by atoms with van der Waals surface area (Å²) in [6.45, 7) is 3.46. The third-order valence-electron chi connectivity index (χ3n) is 3.23. The minimum atomic E-state index is -0.666. The number of hydrogen-bond acceptors (Lipinski definition) is 7. The van der Waals surface area contributed by atoms with E-state index in [1.165, 1.54) is 6.08 Å². The molecule has 0 unspecified atom stereocenters. The summed E-state index contributed by atoms with van der Waals surface area (Å²) in [4.78, 5) is 36.9. The summed E-state index contributed by atoms with van der Waals surface area (Å²) in [5, 5.41) is 9.83. The smallest absolute Gasteiger partial charge is 0.326 e. The number of imide groups is 1. The number of aromatic hydroxyl groups is 1. The monoisotopic (exact) mass is 507 g/mol. The zero-order valence-corrected chi connectivity index (χ0v) is 17.9. The predicted octanol–water partition coefficient (Wildman–Crippen LogP) is 3.92. The molecule has 0 atom stereocenters. The van der Waals surface area contributed by atoms with Crippen molar-refractivity contribution in [3.05, 3.63) is 25.5 Å². The molecule has 2 rings (SSSR count). The van der Waals surface area contributed by atoms with Crippen molar-refractivity contribution in [3.63, 3.8) is 0 Å². The number of phenols is 1. The lowest BCUT2D eigenvalue weighted by atomic mass is 10.1. The summed E-state index contributed by atoms with van der Waals surface area (Å²) >= 11 is 7.36. The van der Waals surface area contributed by atoms with Crippen LogP contribution in [0.15, 0.2) is 19.9 Å². The van der Waals surface area contributed by atoms with Gasteiger partial charge in [-0.1, -0.05) is 0 Å². The van der Waals surface area contributed by atoms with Gasteiger partial charge in [-0.05, 0) is 69.6 Å². The van der Waals surface area contributed by atoms with Crippen LogP contribution in [0, 0.1) is 0 Å². The zero-order valence-electron chi connectivity index (χ0n) is 13.9. The molecular weight excluding hydrogens is 494 g/mol. The molecule has 1 aromatic carbocycles. The third kappa shape index (κ3) is 4.41. The quantitative estimate of drug-likeness (QED) is 0.459. The second kappa shape index (κ2) is 8.92. The summed E-state index contributed by atoms with van der Waals surface area (Å²) in [5.74, 6) is -1.22. The second-order valence-corrected chi connectivity index (χ2v) is 7.58. The lowest BCUT2D eigenvalue weighted by Gasteiger charge is -2.12. The summed E-state index contributed by atoms with van der Waals surface area (Å²) in [7, 11) is 0. The first-order chi connectivity index (χ1) is 12.3. The number of phenolic OH excluding ortho intramolecular Hbond substituents is 1. The number of nitrogens with zero attached hydrogens (tertiary/aromatic N) is 1. The number of hydrogen-bond donors (Lipinski definition) is 1. The molecule has 1 fully saturated rings. The molecule has 1 saturated heterocycles. The second-order valence-electron chi connectivity index (χ2n) is 4.94. The number of carbonyl (C=O) groups excluding carboxylic acids is 3. The summed E-state index contributed by atoms with van der Waals surface area (Å²) < 4.78 is 11.2. The molecule has 0 radical (unpaired) electrons. The molecular formula is C16H15Br2NO6S. The molecule has 0 aliphatic carbocycles. The first kappa shape index (κ1) is 20.8. The van der Waals surface area contributed by atoms with Crippen LogP contribution in [0.5, 0.6) is 11.5 Å². The number of ether oxygens (including phenoxy) is 2. The molecule has 140 valence electrons. The Kier molecular flexibility index (Phi) is 7.13. The molecule has 10 heteroatoms. The Morgan fingerprint density at radius 3 is 2.62 bits per heavy atom. The summed E-state index contributed by atoms with van der Waals surface area (Å²) in [6.07, 6.45) is 1.38.